The molecule has 0 bridgehead atoms. The van der Waals surface area contributed by atoms with Crippen molar-refractivity contribution < 1.29 is 19.1 Å². The van der Waals surface area contributed by atoms with E-state index in [1.165, 1.54) is 0 Å². The van der Waals surface area contributed by atoms with Crippen molar-refractivity contribution in [1.29, 1.82) is 0 Å². The van der Waals surface area contributed by atoms with Gasteiger partial charge in [-0.1, -0.05) is 0 Å². The van der Waals surface area contributed by atoms with Gasteiger partial charge < -0.3 is 0 Å². The standard InChI is InChI=1S/C28H33O4P/c1-4-28(2,3)27(30)32-21-20-31-26(29)22-33(23-14-8-5-9-15-23,24-16-10-6-11-17-24)25-18-12-7-13-19-25/h5-19,33H,4,20-22H2,1-3H3. The first-order valence-corrected chi connectivity index (χ1v) is 13.6. The minimum absolute atomic E-state index is 0.0488. The summed E-state index contributed by atoms with van der Waals surface area (Å²) in [6.45, 7) is 5.75. The van der Waals surface area contributed by atoms with Crippen molar-refractivity contribution in [3.63, 3.8) is 0 Å². The molecule has 174 valence electrons. The fourth-order valence-corrected chi connectivity index (χ4v) is 8.30. The van der Waals surface area contributed by atoms with E-state index in [-0.39, 0.29) is 31.3 Å². The molecule has 0 fully saturated rings. The van der Waals surface area contributed by atoms with Gasteiger partial charge in [-0.2, -0.15) is 0 Å². The monoisotopic (exact) mass is 464 g/mol. The van der Waals surface area contributed by atoms with E-state index in [0.29, 0.717) is 6.42 Å². The Kier molecular flexibility index (Phi) is 8.41. The predicted octanol–water partition coefficient (Wildman–Crippen LogP) is 4.24. The van der Waals surface area contributed by atoms with Crippen LogP contribution in [0.15, 0.2) is 91.0 Å². The van der Waals surface area contributed by atoms with Crippen LogP contribution in [-0.2, 0) is 19.1 Å². The molecule has 0 unspecified atom stereocenters. The average Bonchev–Trinajstić information content (AvgIpc) is 2.86. The quantitative estimate of drug-likeness (QED) is 0.256. The topological polar surface area (TPSA) is 52.6 Å². The fourth-order valence-electron chi connectivity index (χ4n) is 3.87. The molecule has 0 saturated heterocycles. The summed E-state index contributed by atoms with van der Waals surface area (Å²) in [4.78, 5) is 25.3. The van der Waals surface area contributed by atoms with Crippen LogP contribution in [0.4, 0.5) is 0 Å². The van der Waals surface area contributed by atoms with Gasteiger partial charge in [-0.3, -0.25) is 0 Å². The molecule has 0 saturated carbocycles. The van der Waals surface area contributed by atoms with Crippen LogP contribution < -0.4 is 15.9 Å². The Morgan fingerprint density at radius 3 is 1.48 bits per heavy atom. The Labute approximate surface area is 197 Å². The molecule has 0 amide bonds. The van der Waals surface area contributed by atoms with Crippen LogP contribution in [-0.4, -0.2) is 31.3 Å². The van der Waals surface area contributed by atoms with E-state index in [1.54, 1.807) is 0 Å². The molecule has 0 radical (unpaired) electrons. The predicted molar refractivity (Wildman–Crippen MR) is 137 cm³/mol. The molecule has 0 aliphatic carbocycles. The second-order valence-corrected chi connectivity index (χ2v) is 12.7. The molecule has 0 N–H and O–H groups in total. The number of rotatable bonds is 10. The first-order valence-electron chi connectivity index (χ1n) is 11.4. The van der Waals surface area contributed by atoms with E-state index < -0.39 is 12.7 Å². The summed E-state index contributed by atoms with van der Waals surface area (Å²) in [5.41, 5.74) is -0.542. The molecular weight excluding hydrogens is 431 g/mol. The first kappa shape index (κ1) is 24.7. The molecule has 5 heteroatoms. The van der Waals surface area contributed by atoms with Gasteiger partial charge in [0.2, 0.25) is 0 Å². The van der Waals surface area contributed by atoms with Crippen LogP contribution in [0.25, 0.3) is 0 Å². The molecular formula is C28H33O4P. The second-order valence-electron chi connectivity index (χ2n) is 8.77. The number of hydrogen-bond acceptors (Lipinski definition) is 4. The van der Waals surface area contributed by atoms with E-state index in [0.717, 1.165) is 15.9 Å². The van der Waals surface area contributed by atoms with Crippen molar-refractivity contribution in [2.45, 2.75) is 27.2 Å². The van der Waals surface area contributed by atoms with Crippen LogP contribution in [0.1, 0.15) is 27.2 Å². The van der Waals surface area contributed by atoms with Gasteiger partial charge in [0.15, 0.2) is 0 Å². The van der Waals surface area contributed by atoms with E-state index in [1.807, 2.05) is 75.4 Å². The Bertz CT molecular complexity index is 937. The third-order valence-electron chi connectivity index (χ3n) is 6.23. The van der Waals surface area contributed by atoms with Gasteiger partial charge in [-0.25, -0.2) is 0 Å². The molecule has 0 aliphatic rings. The molecule has 0 heterocycles. The van der Waals surface area contributed by atoms with E-state index in [9.17, 15) is 9.59 Å². The Morgan fingerprint density at radius 1 is 0.697 bits per heavy atom. The summed E-state index contributed by atoms with van der Waals surface area (Å²) < 4.78 is 10.9. The summed E-state index contributed by atoms with van der Waals surface area (Å²) in [5.74, 6) is -0.563. The van der Waals surface area contributed by atoms with Gasteiger partial charge in [-0.05, 0) is 0 Å². The van der Waals surface area contributed by atoms with Crippen molar-refractivity contribution in [2.24, 2.45) is 5.41 Å². The number of esters is 2. The van der Waals surface area contributed by atoms with E-state index >= 15 is 0 Å². The zero-order valence-electron chi connectivity index (χ0n) is 19.6. The van der Waals surface area contributed by atoms with Crippen molar-refractivity contribution in [3.8, 4) is 0 Å². The van der Waals surface area contributed by atoms with Crippen LogP contribution in [0, 0.1) is 5.41 Å². The zero-order chi connectivity index (χ0) is 23.7. The average molecular weight is 465 g/mol. The van der Waals surface area contributed by atoms with Crippen molar-refractivity contribution in [3.05, 3.63) is 91.0 Å². The van der Waals surface area contributed by atoms with Crippen LogP contribution in [0.2, 0.25) is 0 Å². The second kappa shape index (κ2) is 11.2. The van der Waals surface area contributed by atoms with Crippen molar-refractivity contribution >= 4 is 35.1 Å². The Morgan fingerprint density at radius 2 is 1.09 bits per heavy atom. The number of carbonyl (C=O) groups is 2. The SMILES string of the molecule is CCC(C)(C)C(=O)OCCOC(=O)C[PH](c1ccccc1)(c1ccccc1)c1ccccc1. The van der Waals surface area contributed by atoms with Gasteiger partial charge in [-0.15, -0.1) is 0 Å². The minimum atomic E-state index is -2.69. The van der Waals surface area contributed by atoms with Gasteiger partial charge in [0.25, 0.3) is 0 Å². The molecule has 0 aromatic heterocycles. The summed E-state index contributed by atoms with van der Waals surface area (Å²) in [6.07, 6.45) is 0.949. The van der Waals surface area contributed by atoms with Crippen molar-refractivity contribution in [1.82, 2.24) is 0 Å². The Balaban J connectivity index is 1.85. The van der Waals surface area contributed by atoms with Gasteiger partial charge in [0.05, 0.1) is 0 Å². The maximum atomic E-state index is 13.1. The number of benzene rings is 3. The summed E-state index contributed by atoms with van der Waals surface area (Å²) in [6, 6.07) is 30.7. The molecule has 3 rings (SSSR count). The van der Waals surface area contributed by atoms with Crippen molar-refractivity contribution in [2.75, 3.05) is 19.4 Å². The van der Waals surface area contributed by atoms with Gasteiger partial charge in [0, 0.05) is 0 Å². The van der Waals surface area contributed by atoms with Crippen LogP contribution >= 0.6 is 7.26 Å². The zero-order valence-corrected chi connectivity index (χ0v) is 20.6. The molecule has 0 spiro atoms. The number of carbonyl (C=O) groups excluding carboxylic acids is 2. The van der Waals surface area contributed by atoms with Gasteiger partial charge >= 0.3 is 197 Å². The maximum absolute atomic E-state index is 13.1. The Hall–Kier alpha value is -2.97. The number of hydrogen-bond donors (Lipinski definition) is 0. The molecule has 3 aromatic carbocycles. The van der Waals surface area contributed by atoms with Gasteiger partial charge in [0.1, 0.15) is 0 Å². The number of ether oxygens (including phenoxy) is 2. The van der Waals surface area contributed by atoms with E-state index in [2.05, 4.69) is 36.4 Å². The molecule has 0 aliphatic heterocycles. The normalized spacial score (nSPS) is 12.1. The summed E-state index contributed by atoms with van der Waals surface area (Å²) in [5, 5.41) is 3.45. The van der Waals surface area contributed by atoms with Crippen LogP contribution in [0.3, 0.4) is 0 Å². The first-order chi connectivity index (χ1) is 15.9. The molecule has 33 heavy (non-hydrogen) atoms. The third kappa shape index (κ3) is 5.89. The summed E-state index contributed by atoms with van der Waals surface area (Å²) >= 11 is 0. The molecule has 4 nitrogen and oxygen atoms in total. The molecule has 3 aromatic rings. The van der Waals surface area contributed by atoms with Crippen LogP contribution in [0.5, 0.6) is 0 Å². The molecule has 0 atom stereocenters. The summed E-state index contributed by atoms with van der Waals surface area (Å²) in [7, 11) is -2.69. The fraction of sp³-hybridized carbons (Fsp3) is 0.286. The third-order valence-corrected chi connectivity index (χ3v) is 11.0. The van der Waals surface area contributed by atoms with E-state index in [4.69, 9.17) is 9.47 Å².